The Kier molecular flexibility index (Phi) is 6.15. The lowest BCUT2D eigenvalue weighted by atomic mass is 9.79. The van der Waals surface area contributed by atoms with Gasteiger partial charge in [-0.05, 0) is 42.5 Å². The van der Waals surface area contributed by atoms with Crippen LogP contribution in [0.15, 0.2) is 54.6 Å². The maximum atomic E-state index is 13.7. The zero-order valence-electron chi connectivity index (χ0n) is 17.2. The fourth-order valence-electron chi connectivity index (χ4n) is 3.59. The van der Waals surface area contributed by atoms with Gasteiger partial charge in [-0.1, -0.05) is 55.5 Å². The van der Waals surface area contributed by atoms with Crippen LogP contribution in [0.2, 0.25) is 0 Å². The highest BCUT2D eigenvalue weighted by Crippen LogP contribution is 2.33. The highest BCUT2D eigenvalue weighted by atomic mass is 19.4. The Labute approximate surface area is 177 Å². The molecule has 1 amide bonds. The number of hydrogen-bond acceptors (Lipinski definition) is 3. The molecule has 3 aromatic rings. The van der Waals surface area contributed by atoms with Crippen LogP contribution in [0.4, 0.5) is 17.6 Å². The van der Waals surface area contributed by atoms with Gasteiger partial charge in [0.1, 0.15) is 5.82 Å². The van der Waals surface area contributed by atoms with E-state index in [0.29, 0.717) is 11.1 Å². The number of carbonyl (C=O) groups is 1. The normalized spacial score (nSPS) is 13.1. The van der Waals surface area contributed by atoms with E-state index >= 15 is 0 Å². The minimum absolute atomic E-state index is 0.183. The standard InChI is InChI=1S/C22H22F4N4O/c1-14(13-21(2,3)15-8-5-4-6-9-15)27-20(31)18-19(22(24,25)26)30(29-28-18)17-11-7-10-16(23)12-17/h4-12,14H,13H2,1-3H3,(H,27,31). The summed E-state index contributed by atoms with van der Waals surface area (Å²) in [5, 5.41) is 9.50. The first kappa shape index (κ1) is 22.5. The van der Waals surface area contributed by atoms with Crippen molar-refractivity contribution >= 4 is 5.91 Å². The second-order valence-electron chi connectivity index (χ2n) is 8.00. The fraction of sp³-hybridized carbons (Fsp3) is 0.318. The molecule has 0 spiro atoms. The van der Waals surface area contributed by atoms with Gasteiger partial charge in [0.25, 0.3) is 5.91 Å². The van der Waals surface area contributed by atoms with Crippen LogP contribution in [-0.2, 0) is 11.6 Å². The minimum Gasteiger partial charge on any atom is -0.348 e. The van der Waals surface area contributed by atoms with Crippen LogP contribution < -0.4 is 5.32 Å². The maximum absolute atomic E-state index is 13.7. The van der Waals surface area contributed by atoms with Gasteiger partial charge in [0.05, 0.1) is 5.69 Å². The fourth-order valence-corrected chi connectivity index (χ4v) is 3.59. The first-order valence-corrected chi connectivity index (χ1v) is 9.64. The molecular weight excluding hydrogens is 412 g/mol. The molecule has 0 bridgehead atoms. The number of halogens is 4. The van der Waals surface area contributed by atoms with Crippen molar-refractivity contribution in [1.29, 1.82) is 0 Å². The van der Waals surface area contributed by atoms with Crippen molar-refractivity contribution in [1.82, 2.24) is 20.3 Å². The third kappa shape index (κ3) is 5.10. The van der Waals surface area contributed by atoms with Gasteiger partial charge in [-0.3, -0.25) is 4.79 Å². The number of amides is 1. The summed E-state index contributed by atoms with van der Waals surface area (Å²) in [5.74, 6) is -1.73. The van der Waals surface area contributed by atoms with Gasteiger partial charge in [0.2, 0.25) is 0 Å². The lowest BCUT2D eigenvalue weighted by Crippen LogP contribution is -2.38. The van der Waals surface area contributed by atoms with Crippen LogP contribution in [0, 0.1) is 5.82 Å². The van der Waals surface area contributed by atoms with E-state index in [1.807, 2.05) is 44.2 Å². The van der Waals surface area contributed by atoms with Crippen molar-refractivity contribution in [3.05, 3.63) is 77.4 Å². The Balaban J connectivity index is 1.85. The van der Waals surface area contributed by atoms with Crippen LogP contribution in [0.1, 0.15) is 48.9 Å². The van der Waals surface area contributed by atoms with Gasteiger partial charge in [0, 0.05) is 6.04 Å². The van der Waals surface area contributed by atoms with E-state index in [1.54, 1.807) is 6.92 Å². The Bertz CT molecular complexity index is 1060. The summed E-state index contributed by atoms with van der Waals surface area (Å²) in [6.07, 6.45) is -4.43. The Hall–Kier alpha value is -3.23. The molecular formula is C22H22F4N4O. The molecule has 1 unspecified atom stereocenters. The van der Waals surface area contributed by atoms with E-state index in [1.165, 1.54) is 12.1 Å². The number of nitrogens with one attached hydrogen (secondary N) is 1. The average molecular weight is 434 g/mol. The summed E-state index contributed by atoms with van der Waals surface area (Å²) in [7, 11) is 0. The number of aromatic nitrogens is 3. The maximum Gasteiger partial charge on any atom is 0.435 e. The Morgan fingerprint density at radius 2 is 1.77 bits per heavy atom. The molecule has 0 aliphatic heterocycles. The van der Waals surface area contributed by atoms with Crippen LogP contribution >= 0.6 is 0 Å². The van der Waals surface area contributed by atoms with Crippen molar-refractivity contribution in [3.63, 3.8) is 0 Å². The van der Waals surface area contributed by atoms with Crippen molar-refractivity contribution in [2.75, 3.05) is 0 Å². The largest absolute Gasteiger partial charge is 0.435 e. The Morgan fingerprint density at radius 1 is 1.10 bits per heavy atom. The third-order valence-electron chi connectivity index (χ3n) is 4.96. The number of nitrogens with zero attached hydrogens (tertiary/aromatic N) is 3. The molecule has 0 saturated carbocycles. The zero-order chi connectivity index (χ0) is 22.8. The highest BCUT2D eigenvalue weighted by Gasteiger charge is 2.42. The number of benzene rings is 2. The molecule has 3 rings (SSSR count). The van der Waals surface area contributed by atoms with Gasteiger partial charge in [-0.25, -0.2) is 9.07 Å². The van der Waals surface area contributed by atoms with Crippen molar-refractivity contribution in [2.24, 2.45) is 0 Å². The van der Waals surface area contributed by atoms with Crippen LogP contribution in [0.3, 0.4) is 0 Å². The van der Waals surface area contributed by atoms with Crippen LogP contribution in [0.5, 0.6) is 0 Å². The highest BCUT2D eigenvalue weighted by molar-refractivity contribution is 5.93. The van der Waals surface area contributed by atoms with E-state index in [-0.39, 0.29) is 11.1 Å². The number of alkyl halides is 3. The molecule has 1 N–H and O–H groups in total. The van der Waals surface area contributed by atoms with Crippen molar-refractivity contribution in [2.45, 2.75) is 44.8 Å². The van der Waals surface area contributed by atoms with E-state index in [9.17, 15) is 22.4 Å². The van der Waals surface area contributed by atoms with Crippen LogP contribution in [-0.4, -0.2) is 26.9 Å². The zero-order valence-corrected chi connectivity index (χ0v) is 17.2. The van der Waals surface area contributed by atoms with Gasteiger partial charge in [-0.2, -0.15) is 13.2 Å². The second-order valence-corrected chi connectivity index (χ2v) is 8.00. The molecule has 5 nitrogen and oxygen atoms in total. The molecule has 164 valence electrons. The van der Waals surface area contributed by atoms with Gasteiger partial charge >= 0.3 is 6.18 Å². The predicted molar refractivity (Wildman–Crippen MR) is 107 cm³/mol. The SMILES string of the molecule is CC(CC(C)(C)c1ccccc1)NC(=O)c1nnn(-c2cccc(F)c2)c1C(F)(F)F. The molecule has 0 radical (unpaired) electrons. The Morgan fingerprint density at radius 3 is 2.39 bits per heavy atom. The predicted octanol–water partition coefficient (Wildman–Crippen LogP) is 4.91. The van der Waals surface area contributed by atoms with Gasteiger partial charge in [0.15, 0.2) is 11.4 Å². The van der Waals surface area contributed by atoms with E-state index < -0.39 is 35.3 Å². The molecule has 1 aromatic heterocycles. The summed E-state index contributed by atoms with van der Waals surface area (Å²) in [6, 6.07) is 13.7. The topological polar surface area (TPSA) is 59.8 Å². The number of rotatable bonds is 6. The summed E-state index contributed by atoms with van der Waals surface area (Å²) in [6.45, 7) is 5.70. The summed E-state index contributed by atoms with van der Waals surface area (Å²) in [4.78, 5) is 12.7. The molecule has 0 aliphatic rings. The number of hydrogen-bond donors (Lipinski definition) is 1. The summed E-state index contributed by atoms with van der Waals surface area (Å²) in [5.41, 5.74) is -1.67. The van der Waals surface area contributed by atoms with E-state index in [2.05, 4.69) is 15.6 Å². The number of carbonyl (C=O) groups excluding carboxylic acids is 1. The molecule has 0 fully saturated rings. The molecule has 1 heterocycles. The molecule has 1 atom stereocenters. The van der Waals surface area contributed by atoms with E-state index in [4.69, 9.17) is 0 Å². The lowest BCUT2D eigenvalue weighted by molar-refractivity contribution is -0.143. The average Bonchev–Trinajstić information content (AvgIpc) is 3.14. The van der Waals surface area contributed by atoms with Crippen molar-refractivity contribution < 1.29 is 22.4 Å². The molecule has 0 saturated heterocycles. The summed E-state index contributed by atoms with van der Waals surface area (Å²) < 4.78 is 55.2. The second kappa shape index (κ2) is 8.49. The van der Waals surface area contributed by atoms with Gasteiger partial charge < -0.3 is 5.32 Å². The first-order chi connectivity index (χ1) is 14.5. The first-order valence-electron chi connectivity index (χ1n) is 9.64. The smallest absolute Gasteiger partial charge is 0.348 e. The molecule has 2 aromatic carbocycles. The third-order valence-corrected chi connectivity index (χ3v) is 4.96. The van der Waals surface area contributed by atoms with Gasteiger partial charge in [-0.15, -0.1) is 5.10 Å². The van der Waals surface area contributed by atoms with Crippen molar-refractivity contribution in [3.8, 4) is 5.69 Å². The molecule has 31 heavy (non-hydrogen) atoms. The van der Waals surface area contributed by atoms with E-state index in [0.717, 1.165) is 17.7 Å². The quantitative estimate of drug-likeness (QED) is 0.561. The lowest BCUT2D eigenvalue weighted by Gasteiger charge is -2.29. The molecule has 0 aliphatic carbocycles. The molecule has 9 heteroatoms. The van der Waals surface area contributed by atoms with Crippen LogP contribution in [0.25, 0.3) is 5.69 Å². The summed E-state index contributed by atoms with van der Waals surface area (Å²) >= 11 is 0. The minimum atomic E-state index is -4.92. The monoisotopic (exact) mass is 434 g/mol.